The van der Waals surface area contributed by atoms with Crippen LogP contribution in [0.15, 0.2) is 259 Å². The van der Waals surface area contributed by atoms with Crippen molar-refractivity contribution >= 4 is 34.1 Å². The van der Waals surface area contributed by atoms with E-state index in [-0.39, 0.29) is 29.8 Å². The van der Waals surface area contributed by atoms with Crippen molar-refractivity contribution < 1.29 is 0 Å². The van der Waals surface area contributed by atoms with E-state index >= 15 is 0 Å². The summed E-state index contributed by atoms with van der Waals surface area (Å²) in [4.78, 5) is 10.2. The van der Waals surface area contributed by atoms with Crippen LogP contribution in [-0.2, 0) is 0 Å². The molecule has 0 amide bonds. The van der Waals surface area contributed by atoms with Gasteiger partial charge in [0, 0.05) is 69.0 Å². The molecule has 4 heteroatoms. The molecule has 5 aromatic rings. The highest BCUT2D eigenvalue weighted by atomic mass is 15.2. The number of benzene rings is 5. The molecule has 0 saturated carbocycles. The summed E-state index contributed by atoms with van der Waals surface area (Å²) < 4.78 is 0. The molecule has 5 aromatic carbocycles. The molecule has 2 heterocycles. The van der Waals surface area contributed by atoms with Gasteiger partial charge in [0.2, 0.25) is 0 Å². The van der Waals surface area contributed by atoms with E-state index in [1.54, 1.807) is 0 Å². The fraction of sp³-hybridized carbons (Fsp3) is 0.138. The van der Waals surface area contributed by atoms with E-state index in [0.29, 0.717) is 0 Å². The van der Waals surface area contributed by atoms with E-state index in [1.807, 2.05) is 0 Å². The third kappa shape index (κ3) is 6.04. The quantitative estimate of drug-likeness (QED) is 0.155. The number of hydrogen-bond acceptors (Lipinski definition) is 4. The summed E-state index contributed by atoms with van der Waals surface area (Å²) in [6, 6.07) is 51.4. The normalized spacial score (nSPS) is 23.7. The number of allylic oxidation sites excluding steroid dienone is 13. The van der Waals surface area contributed by atoms with Crippen LogP contribution in [0.2, 0.25) is 0 Å². The molecular weight excluding hydrogens is 753 g/mol. The third-order valence-electron chi connectivity index (χ3n) is 13.6. The van der Waals surface area contributed by atoms with E-state index in [0.717, 1.165) is 19.3 Å². The molecule has 2 aliphatic heterocycles. The zero-order valence-electron chi connectivity index (χ0n) is 34.7. The van der Waals surface area contributed by atoms with Crippen molar-refractivity contribution in [3.8, 4) is 0 Å². The first kappa shape index (κ1) is 36.5. The Morgan fingerprint density at radius 1 is 0.597 bits per heavy atom. The van der Waals surface area contributed by atoms with Gasteiger partial charge in [-0.2, -0.15) is 0 Å². The van der Waals surface area contributed by atoms with Crippen LogP contribution < -0.4 is 19.6 Å². The lowest BCUT2D eigenvalue weighted by Gasteiger charge is -2.50. The van der Waals surface area contributed by atoms with Crippen molar-refractivity contribution in [2.24, 2.45) is 11.8 Å². The average Bonchev–Trinajstić information content (AvgIpc) is 3.67. The Kier molecular flexibility index (Phi) is 9.02. The molecular formula is C58H48N4. The van der Waals surface area contributed by atoms with Crippen molar-refractivity contribution in [3.63, 3.8) is 0 Å². The van der Waals surface area contributed by atoms with Gasteiger partial charge in [-0.05, 0) is 127 Å². The SMILES string of the molecule is C1=CCCC(N(c2ccccc2)c2ccc3c(c2)N(c2ccccc2)C2=CC4=C5C(=CC=CC5C23)N(c2ccccc2)C2C=C(N(c3ccccc3)C3C=CC=CC3)C=CC42)=C1. The first-order chi connectivity index (χ1) is 30.8. The van der Waals surface area contributed by atoms with Crippen molar-refractivity contribution in [2.45, 2.75) is 37.3 Å². The average molecular weight is 801 g/mol. The maximum atomic E-state index is 2.64. The number of rotatable bonds is 8. The molecule has 0 N–H and O–H groups in total. The van der Waals surface area contributed by atoms with Gasteiger partial charge in [-0.25, -0.2) is 0 Å². The van der Waals surface area contributed by atoms with Crippen LogP contribution in [0.5, 0.6) is 0 Å². The minimum absolute atomic E-state index is 0.0649. The monoisotopic (exact) mass is 800 g/mol. The minimum atomic E-state index is 0.0649. The predicted octanol–water partition coefficient (Wildman–Crippen LogP) is 13.9. The maximum absolute atomic E-state index is 2.64. The number of nitrogens with zero attached hydrogens (tertiary/aromatic N) is 4. The molecule has 5 aliphatic carbocycles. The molecule has 0 spiro atoms. The molecule has 0 saturated heterocycles. The van der Waals surface area contributed by atoms with Gasteiger partial charge < -0.3 is 19.6 Å². The highest BCUT2D eigenvalue weighted by Crippen LogP contribution is 2.61. The molecule has 4 nitrogen and oxygen atoms in total. The van der Waals surface area contributed by atoms with Gasteiger partial charge in [-0.15, -0.1) is 0 Å². The van der Waals surface area contributed by atoms with E-state index < -0.39 is 0 Å². The van der Waals surface area contributed by atoms with Crippen molar-refractivity contribution in [1.82, 2.24) is 0 Å². The van der Waals surface area contributed by atoms with Gasteiger partial charge in [-0.3, -0.25) is 0 Å². The van der Waals surface area contributed by atoms with Crippen LogP contribution in [0.4, 0.5) is 34.1 Å². The third-order valence-corrected chi connectivity index (χ3v) is 13.6. The van der Waals surface area contributed by atoms with Gasteiger partial charge in [0.05, 0.1) is 17.8 Å². The van der Waals surface area contributed by atoms with Gasteiger partial charge in [0.1, 0.15) is 0 Å². The minimum Gasteiger partial charge on any atom is -0.334 e. The summed E-state index contributed by atoms with van der Waals surface area (Å²) in [5.41, 5.74) is 16.7. The predicted molar refractivity (Wildman–Crippen MR) is 258 cm³/mol. The Labute approximate surface area is 365 Å². The van der Waals surface area contributed by atoms with Crippen LogP contribution in [0, 0.1) is 11.8 Å². The molecule has 5 unspecified atom stereocenters. The van der Waals surface area contributed by atoms with Crippen LogP contribution >= 0.6 is 0 Å². The molecule has 62 heavy (non-hydrogen) atoms. The first-order valence-corrected chi connectivity index (χ1v) is 22.3. The Balaban J connectivity index is 1.02. The van der Waals surface area contributed by atoms with Crippen LogP contribution in [-0.4, -0.2) is 12.1 Å². The molecule has 0 fully saturated rings. The number of hydrogen-bond donors (Lipinski definition) is 0. The Morgan fingerprint density at radius 3 is 2.06 bits per heavy atom. The Morgan fingerprint density at radius 2 is 1.34 bits per heavy atom. The van der Waals surface area contributed by atoms with E-state index in [4.69, 9.17) is 0 Å². The van der Waals surface area contributed by atoms with E-state index in [9.17, 15) is 0 Å². The maximum Gasteiger partial charge on any atom is 0.0648 e. The molecule has 0 bridgehead atoms. The standard InChI is InChI=1S/C58H48N4/c1-7-20-41(21-8-1)59(42-22-9-2-10-23-42)47-34-36-49-52-40-56-57(51-32-19-33-53(58(51)52)61(54(49)38-47)45-28-15-5-16-29-45)50-37-35-48(39-55(50)62(56)46-30-17-6-18-31-46)60(43-24-11-3-12-25-43)44-26-13-4-14-27-44/h1-13,15-22,24-26,28-40,42,49,51,54,57H,14,23,27H2. The summed E-state index contributed by atoms with van der Waals surface area (Å²) in [5.74, 6) is 0.475. The second-order valence-electron chi connectivity index (χ2n) is 17.1. The zero-order valence-corrected chi connectivity index (χ0v) is 34.7. The Hall–Kier alpha value is -7.30. The zero-order chi connectivity index (χ0) is 41.0. The smallest absolute Gasteiger partial charge is 0.0648 e. The number of fused-ring (bicyclic) bond motifs is 6. The highest BCUT2D eigenvalue weighted by molar-refractivity contribution is 5.86. The van der Waals surface area contributed by atoms with E-state index in [2.05, 4.69) is 244 Å². The topological polar surface area (TPSA) is 13.0 Å². The molecule has 0 aromatic heterocycles. The van der Waals surface area contributed by atoms with Gasteiger partial charge in [-0.1, -0.05) is 134 Å². The molecule has 5 atom stereocenters. The van der Waals surface area contributed by atoms with Gasteiger partial charge in [0.15, 0.2) is 0 Å². The lowest BCUT2D eigenvalue weighted by molar-refractivity contribution is 0.534. The van der Waals surface area contributed by atoms with Crippen LogP contribution in [0.1, 0.15) is 30.7 Å². The Bertz CT molecular complexity index is 2850. The largest absolute Gasteiger partial charge is 0.334 e. The molecule has 0 radical (unpaired) electrons. The second-order valence-corrected chi connectivity index (χ2v) is 17.1. The lowest BCUT2D eigenvalue weighted by atomic mass is 9.66. The van der Waals surface area contributed by atoms with Gasteiger partial charge >= 0.3 is 0 Å². The molecule has 7 aliphatic rings. The summed E-state index contributed by atoms with van der Waals surface area (Å²) in [5, 5.41) is 0. The summed E-state index contributed by atoms with van der Waals surface area (Å²) >= 11 is 0. The second kappa shape index (κ2) is 15.3. The molecule has 12 rings (SSSR count). The summed E-state index contributed by atoms with van der Waals surface area (Å²) in [7, 11) is 0. The van der Waals surface area contributed by atoms with Crippen LogP contribution in [0.25, 0.3) is 0 Å². The number of para-hydroxylation sites is 4. The highest BCUT2D eigenvalue weighted by Gasteiger charge is 2.50. The number of anilines is 6. The van der Waals surface area contributed by atoms with Crippen LogP contribution in [0.3, 0.4) is 0 Å². The summed E-state index contributed by atoms with van der Waals surface area (Å²) in [6.07, 6.45) is 36.0. The summed E-state index contributed by atoms with van der Waals surface area (Å²) in [6.45, 7) is 0. The lowest BCUT2D eigenvalue weighted by Crippen LogP contribution is -2.48. The first-order valence-electron chi connectivity index (χ1n) is 22.3. The molecule has 300 valence electrons. The van der Waals surface area contributed by atoms with Crippen molar-refractivity contribution in [2.75, 3.05) is 19.6 Å². The van der Waals surface area contributed by atoms with Crippen molar-refractivity contribution in [3.05, 3.63) is 264 Å². The van der Waals surface area contributed by atoms with Gasteiger partial charge in [0.25, 0.3) is 0 Å². The van der Waals surface area contributed by atoms with Crippen molar-refractivity contribution in [1.29, 1.82) is 0 Å². The fourth-order valence-corrected chi connectivity index (χ4v) is 11.0. The fourth-order valence-electron chi connectivity index (χ4n) is 11.0. The van der Waals surface area contributed by atoms with E-state index in [1.165, 1.54) is 73.6 Å².